The maximum Gasteiger partial charge on any atom is 0.213 e. The van der Waals surface area contributed by atoms with Crippen molar-refractivity contribution >= 4 is 29.9 Å². The van der Waals surface area contributed by atoms with Crippen molar-refractivity contribution in [3.05, 3.63) is 34.9 Å². The molecule has 0 saturated heterocycles. The van der Waals surface area contributed by atoms with Crippen molar-refractivity contribution in [1.82, 2.24) is 0 Å². The lowest BCUT2D eigenvalue weighted by molar-refractivity contribution is 0.325. The van der Waals surface area contributed by atoms with Crippen LogP contribution in [0.5, 0.6) is 0 Å². The molecule has 0 spiro atoms. The van der Waals surface area contributed by atoms with Gasteiger partial charge in [-0.1, -0.05) is 17.7 Å². The number of rotatable bonds is 2. The maximum absolute atomic E-state index is 7.45. The van der Waals surface area contributed by atoms with Crippen LogP contribution in [0.2, 0.25) is 5.02 Å². The second kappa shape index (κ2) is 5.84. The predicted molar refractivity (Wildman–Crippen MR) is 57.2 cm³/mol. The zero-order chi connectivity index (χ0) is 8.97. The Balaban J connectivity index is 0.00000144. The van der Waals surface area contributed by atoms with Gasteiger partial charge >= 0.3 is 0 Å². The van der Waals surface area contributed by atoms with Crippen molar-refractivity contribution in [3.63, 3.8) is 0 Å². The second-order valence-electron chi connectivity index (χ2n) is 2.27. The molecule has 0 aromatic heterocycles. The molecule has 0 radical (unpaired) electrons. The summed E-state index contributed by atoms with van der Waals surface area (Å²) in [4.78, 5) is 0. The SMILES string of the molecule is CCOC(=N)c1cccc(Cl)c1.Cl. The van der Waals surface area contributed by atoms with Crippen LogP contribution in [0.15, 0.2) is 24.3 Å². The predicted octanol–water partition coefficient (Wildman–Crippen LogP) is 3.12. The minimum Gasteiger partial charge on any atom is -0.478 e. The quantitative estimate of drug-likeness (QED) is 0.602. The summed E-state index contributed by atoms with van der Waals surface area (Å²) in [6.07, 6.45) is 0. The summed E-state index contributed by atoms with van der Waals surface area (Å²) in [5.74, 6) is 0.167. The minimum absolute atomic E-state index is 0. The average molecular weight is 220 g/mol. The normalized spacial score (nSPS) is 8.77. The highest BCUT2D eigenvalue weighted by molar-refractivity contribution is 6.30. The van der Waals surface area contributed by atoms with Crippen LogP contribution in [0, 0.1) is 5.41 Å². The first kappa shape index (κ1) is 12.3. The smallest absolute Gasteiger partial charge is 0.213 e. The fourth-order valence-corrected chi connectivity index (χ4v) is 1.05. The zero-order valence-corrected chi connectivity index (χ0v) is 8.78. The first-order valence-corrected chi connectivity index (χ1v) is 4.09. The first-order chi connectivity index (χ1) is 5.74. The van der Waals surface area contributed by atoms with E-state index in [0.717, 1.165) is 0 Å². The molecule has 0 heterocycles. The van der Waals surface area contributed by atoms with Crippen molar-refractivity contribution < 1.29 is 4.74 Å². The van der Waals surface area contributed by atoms with Crippen LogP contribution in [-0.2, 0) is 4.74 Å². The van der Waals surface area contributed by atoms with Gasteiger partial charge in [-0.2, -0.15) is 0 Å². The van der Waals surface area contributed by atoms with E-state index >= 15 is 0 Å². The molecule has 1 N–H and O–H groups in total. The van der Waals surface area contributed by atoms with Gasteiger partial charge in [0, 0.05) is 10.6 Å². The molecule has 0 fully saturated rings. The van der Waals surface area contributed by atoms with Crippen molar-refractivity contribution in [1.29, 1.82) is 5.41 Å². The monoisotopic (exact) mass is 219 g/mol. The number of halogens is 2. The largest absolute Gasteiger partial charge is 0.478 e. The fraction of sp³-hybridized carbons (Fsp3) is 0.222. The van der Waals surface area contributed by atoms with E-state index in [-0.39, 0.29) is 18.3 Å². The van der Waals surface area contributed by atoms with Gasteiger partial charge in [0.1, 0.15) is 0 Å². The lowest BCUT2D eigenvalue weighted by Crippen LogP contribution is -2.03. The second-order valence-corrected chi connectivity index (χ2v) is 2.71. The molecular weight excluding hydrogens is 209 g/mol. The van der Waals surface area contributed by atoms with Crippen LogP contribution in [0.3, 0.4) is 0 Å². The van der Waals surface area contributed by atoms with Crippen LogP contribution < -0.4 is 0 Å². The molecule has 0 aliphatic rings. The van der Waals surface area contributed by atoms with E-state index in [9.17, 15) is 0 Å². The summed E-state index contributed by atoms with van der Waals surface area (Å²) in [6.45, 7) is 2.35. The highest BCUT2D eigenvalue weighted by Crippen LogP contribution is 2.11. The molecule has 1 aromatic rings. The first-order valence-electron chi connectivity index (χ1n) is 3.71. The molecule has 0 bridgehead atoms. The van der Waals surface area contributed by atoms with Gasteiger partial charge in [-0.3, -0.25) is 5.41 Å². The van der Waals surface area contributed by atoms with Crippen LogP contribution in [-0.4, -0.2) is 12.5 Å². The van der Waals surface area contributed by atoms with Crippen molar-refractivity contribution in [2.75, 3.05) is 6.61 Å². The third-order valence-corrected chi connectivity index (χ3v) is 1.61. The third kappa shape index (κ3) is 3.66. The Hall–Kier alpha value is -0.730. The Bertz CT molecular complexity index is 289. The van der Waals surface area contributed by atoms with Gasteiger partial charge in [-0.15, -0.1) is 12.4 Å². The molecule has 13 heavy (non-hydrogen) atoms. The Kier molecular flexibility index (Phi) is 5.51. The molecule has 4 heteroatoms. The van der Waals surface area contributed by atoms with E-state index in [0.29, 0.717) is 17.2 Å². The molecule has 1 rings (SSSR count). The fourth-order valence-electron chi connectivity index (χ4n) is 0.857. The highest BCUT2D eigenvalue weighted by atomic mass is 35.5. The van der Waals surface area contributed by atoms with Crippen molar-refractivity contribution in [2.24, 2.45) is 0 Å². The van der Waals surface area contributed by atoms with Gasteiger partial charge in [0.25, 0.3) is 0 Å². The molecule has 2 nitrogen and oxygen atoms in total. The molecule has 0 atom stereocenters. The van der Waals surface area contributed by atoms with Crippen LogP contribution >= 0.6 is 24.0 Å². The maximum atomic E-state index is 7.45. The van der Waals surface area contributed by atoms with Crippen LogP contribution in [0.25, 0.3) is 0 Å². The minimum atomic E-state index is 0. The number of nitrogens with one attached hydrogen (secondary N) is 1. The van der Waals surface area contributed by atoms with E-state index in [4.69, 9.17) is 21.7 Å². The molecule has 72 valence electrons. The van der Waals surface area contributed by atoms with Gasteiger partial charge in [0.15, 0.2) is 0 Å². The Morgan fingerprint density at radius 2 is 2.23 bits per heavy atom. The van der Waals surface area contributed by atoms with E-state index < -0.39 is 0 Å². The molecule has 0 amide bonds. The number of ether oxygens (including phenoxy) is 1. The van der Waals surface area contributed by atoms with E-state index in [1.165, 1.54) is 0 Å². The average Bonchev–Trinajstić information content (AvgIpc) is 2.05. The molecular formula is C9H11Cl2NO. The van der Waals surface area contributed by atoms with E-state index in [2.05, 4.69) is 0 Å². The molecule has 0 aliphatic heterocycles. The Morgan fingerprint density at radius 3 is 2.77 bits per heavy atom. The topological polar surface area (TPSA) is 33.1 Å². The van der Waals surface area contributed by atoms with E-state index in [1.54, 1.807) is 24.3 Å². The van der Waals surface area contributed by atoms with Crippen LogP contribution in [0.1, 0.15) is 12.5 Å². The van der Waals surface area contributed by atoms with Gasteiger partial charge in [-0.05, 0) is 25.1 Å². The lowest BCUT2D eigenvalue weighted by atomic mass is 10.2. The highest BCUT2D eigenvalue weighted by Gasteiger charge is 2.00. The van der Waals surface area contributed by atoms with Gasteiger partial charge in [0.2, 0.25) is 5.90 Å². The van der Waals surface area contributed by atoms with Gasteiger partial charge in [-0.25, -0.2) is 0 Å². The van der Waals surface area contributed by atoms with Crippen LogP contribution in [0.4, 0.5) is 0 Å². The Morgan fingerprint density at radius 1 is 1.54 bits per heavy atom. The third-order valence-electron chi connectivity index (χ3n) is 1.38. The standard InChI is InChI=1S/C9H10ClNO.ClH/c1-2-12-9(11)7-4-3-5-8(10)6-7;/h3-6,11H,2H2,1H3;1H. The Labute approximate surface area is 88.8 Å². The van der Waals surface area contributed by atoms with Crippen molar-refractivity contribution in [2.45, 2.75) is 6.92 Å². The van der Waals surface area contributed by atoms with Gasteiger partial charge in [0.05, 0.1) is 6.61 Å². The zero-order valence-electron chi connectivity index (χ0n) is 7.21. The van der Waals surface area contributed by atoms with E-state index in [1.807, 2.05) is 6.92 Å². The number of benzene rings is 1. The number of hydrogen-bond donors (Lipinski definition) is 1. The molecule has 0 saturated carbocycles. The molecule has 0 aliphatic carbocycles. The number of hydrogen-bond acceptors (Lipinski definition) is 2. The van der Waals surface area contributed by atoms with Crippen molar-refractivity contribution in [3.8, 4) is 0 Å². The summed E-state index contributed by atoms with van der Waals surface area (Å²) in [6, 6.07) is 7.07. The summed E-state index contributed by atoms with van der Waals surface area (Å²) >= 11 is 5.74. The summed E-state index contributed by atoms with van der Waals surface area (Å²) in [5, 5.41) is 8.07. The summed E-state index contributed by atoms with van der Waals surface area (Å²) < 4.78 is 5.01. The van der Waals surface area contributed by atoms with Gasteiger partial charge < -0.3 is 4.74 Å². The summed E-state index contributed by atoms with van der Waals surface area (Å²) in [5.41, 5.74) is 0.712. The molecule has 1 aromatic carbocycles. The lowest BCUT2D eigenvalue weighted by Gasteiger charge is -2.04. The molecule has 0 unspecified atom stereocenters. The summed E-state index contributed by atoms with van der Waals surface area (Å²) in [7, 11) is 0.